The van der Waals surface area contributed by atoms with E-state index in [-0.39, 0.29) is 17.7 Å². The van der Waals surface area contributed by atoms with Crippen molar-refractivity contribution < 1.29 is 9.59 Å². The van der Waals surface area contributed by atoms with Crippen molar-refractivity contribution in [2.75, 3.05) is 44.2 Å². The second-order valence-electron chi connectivity index (χ2n) is 8.64. The van der Waals surface area contributed by atoms with Gasteiger partial charge >= 0.3 is 0 Å². The number of benzene rings is 2. The number of rotatable bonds is 5. The van der Waals surface area contributed by atoms with Crippen molar-refractivity contribution in [3.05, 3.63) is 65.3 Å². The topological polar surface area (TPSA) is 59.7 Å². The number of amides is 2. The Morgan fingerprint density at radius 1 is 1.06 bits per heavy atom. The summed E-state index contributed by atoms with van der Waals surface area (Å²) in [6.07, 6.45) is 3.04. The summed E-state index contributed by atoms with van der Waals surface area (Å²) >= 11 is 6.15. The van der Waals surface area contributed by atoms with E-state index in [1.807, 2.05) is 52.4 Å². The first kappa shape index (κ1) is 20.9. The molecule has 0 bridgehead atoms. The molecular formula is C25H27ClN4O2. The van der Waals surface area contributed by atoms with E-state index in [4.69, 9.17) is 11.6 Å². The van der Waals surface area contributed by atoms with Gasteiger partial charge in [-0.15, -0.1) is 0 Å². The predicted octanol–water partition coefficient (Wildman–Crippen LogP) is 3.56. The van der Waals surface area contributed by atoms with Gasteiger partial charge in [0.25, 0.3) is 0 Å². The molecule has 0 radical (unpaired) electrons. The number of H-pyrrole nitrogens is 1. The third kappa shape index (κ3) is 4.19. The Labute approximate surface area is 192 Å². The summed E-state index contributed by atoms with van der Waals surface area (Å²) in [5.74, 6) is -0.0419. The lowest BCUT2D eigenvalue weighted by atomic mass is 10.1. The molecule has 2 aliphatic rings. The van der Waals surface area contributed by atoms with Gasteiger partial charge in [0.15, 0.2) is 0 Å². The molecule has 7 heteroatoms. The molecule has 2 aliphatic heterocycles. The Hall–Kier alpha value is -2.99. The number of piperazine rings is 1. The molecule has 2 aromatic carbocycles. The maximum atomic E-state index is 13.1. The average Bonchev–Trinajstić information content (AvgIpc) is 3.40. The van der Waals surface area contributed by atoms with E-state index in [0.29, 0.717) is 37.6 Å². The number of hydrogen-bond donors (Lipinski definition) is 1. The average molecular weight is 451 g/mol. The Bertz CT molecular complexity index is 1120. The van der Waals surface area contributed by atoms with Crippen LogP contribution in [0.5, 0.6) is 0 Å². The zero-order chi connectivity index (χ0) is 22.1. The highest BCUT2D eigenvalue weighted by atomic mass is 35.5. The molecule has 0 saturated carbocycles. The van der Waals surface area contributed by atoms with Gasteiger partial charge in [0, 0.05) is 73.5 Å². The highest BCUT2D eigenvalue weighted by molar-refractivity contribution is 6.31. The number of aromatic amines is 1. The van der Waals surface area contributed by atoms with Crippen LogP contribution in [0.25, 0.3) is 10.9 Å². The van der Waals surface area contributed by atoms with Crippen molar-refractivity contribution in [3.63, 3.8) is 0 Å². The monoisotopic (exact) mass is 450 g/mol. The van der Waals surface area contributed by atoms with Crippen molar-refractivity contribution in [1.82, 2.24) is 14.8 Å². The Kier molecular flexibility index (Phi) is 5.79. The molecule has 1 atom stereocenters. The number of nitrogens with zero attached hydrogens (tertiary/aromatic N) is 3. The molecule has 2 amide bonds. The molecule has 2 fully saturated rings. The van der Waals surface area contributed by atoms with E-state index >= 15 is 0 Å². The van der Waals surface area contributed by atoms with Crippen molar-refractivity contribution >= 4 is 40.0 Å². The fourth-order valence-electron chi connectivity index (χ4n) is 4.85. The largest absolute Gasteiger partial charge is 0.368 e. The molecule has 0 spiro atoms. The SMILES string of the molecule is O=C1C[C@@H](C(=O)N2CCN(c3ccccc3)CC2)CN1CCc1c[nH]c2ccc(Cl)cc12. The molecule has 1 N–H and O–H groups in total. The number of aromatic nitrogens is 1. The summed E-state index contributed by atoms with van der Waals surface area (Å²) < 4.78 is 0. The lowest BCUT2D eigenvalue weighted by Crippen LogP contribution is -2.50. The molecular weight excluding hydrogens is 424 g/mol. The van der Waals surface area contributed by atoms with Gasteiger partial charge < -0.3 is 19.7 Å². The molecule has 32 heavy (non-hydrogen) atoms. The van der Waals surface area contributed by atoms with Gasteiger partial charge in [-0.1, -0.05) is 29.8 Å². The van der Waals surface area contributed by atoms with Gasteiger partial charge in [-0.05, 0) is 42.3 Å². The van der Waals surface area contributed by atoms with E-state index in [1.54, 1.807) is 0 Å². The molecule has 5 rings (SSSR count). The third-order valence-electron chi connectivity index (χ3n) is 6.66. The van der Waals surface area contributed by atoms with E-state index in [0.717, 1.165) is 36.0 Å². The first-order chi connectivity index (χ1) is 15.6. The van der Waals surface area contributed by atoms with Crippen LogP contribution >= 0.6 is 11.6 Å². The van der Waals surface area contributed by atoms with E-state index in [9.17, 15) is 9.59 Å². The zero-order valence-electron chi connectivity index (χ0n) is 18.0. The number of fused-ring (bicyclic) bond motifs is 1. The summed E-state index contributed by atoms with van der Waals surface area (Å²) in [6.45, 7) is 4.18. The number of para-hydroxylation sites is 1. The van der Waals surface area contributed by atoms with Crippen LogP contribution in [0.15, 0.2) is 54.7 Å². The Morgan fingerprint density at radius 2 is 1.84 bits per heavy atom. The fourth-order valence-corrected chi connectivity index (χ4v) is 5.02. The van der Waals surface area contributed by atoms with Crippen LogP contribution in [0.4, 0.5) is 5.69 Å². The first-order valence-electron chi connectivity index (χ1n) is 11.2. The Morgan fingerprint density at radius 3 is 2.62 bits per heavy atom. The zero-order valence-corrected chi connectivity index (χ0v) is 18.7. The van der Waals surface area contributed by atoms with E-state index < -0.39 is 0 Å². The number of carbonyl (C=O) groups excluding carboxylic acids is 2. The molecule has 0 aliphatic carbocycles. The fraction of sp³-hybridized carbons (Fsp3) is 0.360. The smallest absolute Gasteiger partial charge is 0.228 e. The van der Waals surface area contributed by atoms with Crippen LogP contribution in [-0.4, -0.2) is 65.9 Å². The summed E-state index contributed by atoms with van der Waals surface area (Å²) in [6, 6.07) is 16.1. The van der Waals surface area contributed by atoms with Gasteiger partial charge in [0.2, 0.25) is 11.8 Å². The molecule has 6 nitrogen and oxygen atoms in total. The van der Waals surface area contributed by atoms with Gasteiger partial charge in [-0.3, -0.25) is 9.59 Å². The predicted molar refractivity (Wildman–Crippen MR) is 127 cm³/mol. The maximum absolute atomic E-state index is 13.1. The lowest BCUT2D eigenvalue weighted by molar-refractivity contribution is -0.136. The van der Waals surface area contributed by atoms with Gasteiger partial charge in [-0.2, -0.15) is 0 Å². The quantitative estimate of drug-likeness (QED) is 0.646. The summed E-state index contributed by atoms with van der Waals surface area (Å²) in [5.41, 5.74) is 3.38. The minimum Gasteiger partial charge on any atom is -0.368 e. The normalized spacial score (nSPS) is 19.2. The molecule has 3 heterocycles. The van der Waals surface area contributed by atoms with Crippen LogP contribution < -0.4 is 4.90 Å². The molecule has 1 aromatic heterocycles. The molecule has 0 unspecified atom stereocenters. The standard InChI is InChI=1S/C25H27ClN4O2/c26-20-6-7-23-22(15-20)18(16-27-23)8-9-30-17-19(14-24(30)31)25(32)29-12-10-28(11-13-29)21-4-2-1-3-5-21/h1-7,15-16,19,27H,8-14,17H2/t19-/m1/s1. The minimum atomic E-state index is -0.233. The van der Waals surface area contributed by atoms with Crippen LogP contribution in [0, 0.1) is 5.92 Å². The van der Waals surface area contributed by atoms with Crippen LogP contribution in [0.3, 0.4) is 0 Å². The van der Waals surface area contributed by atoms with Crippen molar-refractivity contribution in [3.8, 4) is 0 Å². The molecule has 2 saturated heterocycles. The number of likely N-dealkylation sites (tertiary alicyclic amines) is 1. The van der Waals surface area contributed by atoms with Crippen LogP contribution in [-0.2, 0) is 16.0 Å². The van der Waals surface area contributed by atoms with Crippen molar-refractivity contribution in [1.29, 1.82) is 0 Å². The highest BCUT2D eigenvalue weighted by Crippen LogP contribution is 2.25. The van der Waals surface area contributed by atoms with Crippen LogP contribution in [0.1, 0.15) is 12.0 Å². The van der Waals surface area contributed by atoms with Gasteiger partial charge in [-0.25, -0.2) is 0 Å². The molecule has 166 valence electrons. The van der Waals surface area contributed by atoms with Gasteiger partial charge in [0.1, 0.15) is 0 Å². The second kappa shape index (κ2) is 8.87. The van der Waals surface area contributed by atoms with E-state index in [2.05, 4.69) is 22.0 Å². The maximum Gasteiger partial charge on any atom is 0.228 e. The summed E-state index contributed by atoms with van der Waals surface area (Å²) in [7, 11) is 0. The number of hydrogen-bond acceptors (Lipinski definition) is 3. The van der Waals surface area contributed by atoms with Gasteiger partial charge in [0.05, 0.1) is 5.92 Å². The first-order valence-corrected chi connectivity index (χ1v) is 11.6. The number of anilines is 1. The summed E-state index contributed by atoms with van der Waals surface area (Å²) in [5, 5.41) is 1.79. The number of carbonyl (C=O) groups is 2. The number of nitrogens with one attached hydrogen (secondary N) is 1. The molecule has 3 aromatic rings. The van der Waals surface area contributed by atoms with Crippen LogP contribution in [0.2, 0.25) is 5.02 Å². The minimum absolute atomic E-state index is 0.0733. The second-order valence-corrected chi connectivity index (χ2v) is 9.08. The third-order valence-corrected chi connectivity index (χ3v) is 6.89. The van der Waals surface area contributed by atoms with Crippen molar-refractivity contribution in [2.24, 2.45) is 5.92 Å². The highest BCUT2D eigenvalue weighted by Gasteiger charge is 2.37. The van der Waals surface area contributed by atoms with E-state index in [1.165, 1.54) is 5.69 Å². The summed E-state index contributed by atoms with van der Waals surface area (Å²) in [4.78, 5) is 35.0. The lowest BCUT2D eigenvalue weighted by Gasteiger charge is -2.37. The Balaban J connectivity index is 1.16. The van der Waals surface area contributed by atoms with Crippen molar-refractivity contribution in [2.45, 2.75) is 12.8 Å². The number of halogens is 1.